The molecule has 0 aliphatic carbocycles. The zero-order chi connectivity index (χ0) is 29.1. The lowest BCUT2D eigenvalue weighted by Gasteiger charge is -2.28. The average Bonchev–Trinajstić information content (AvgIpc) is 3.49. The molecule has 5 N–H and O–H groups in total. The molecule has 13 heteroatoms. The van der Waals surface area contributed by atoms with E-state index in [2.05, 4.69) is 51.4 Å². The van der Waals surface area contributed by atoms with E-state index < -0.39 is 36.4 Å². The third-order valence-electron chi connectivity index (χ3n) is 6.49. The quantitative estimate of drug-likeness (QED) is 0.202. The standard InChI is InChI=1S/C21H28N4OS.C6H8O7/c1-17-7-14-27-20(17)15-25(9-4-8-24-10-12-26-13-11-24)16-21-22-18-5-2-3-6-19(18)23-21;7-3(8)1-6(13,5(11)12)2-4(9)10/h2-3,5-7,14H,4,8-13,15-16H2,1H3,(H,22,23);13H,1-2H2,(H,7,8)(H,9,10)(H,11,12). The van der Waals surface area contributed by atoms with Gasteiger partial charge in [-0.15, -0.1) is 11.3 Å². The van der Waals surface area contributed by atoms with Crippen LogP contribution in [0.1, 0.15) is 35.5 Å². The first kappa shape index (κ1) is 31.2. The van der Waals surface area contributed by atoms with Crippen LogP contribution in [0.25, 0.3) is 11.0 Å². The van der Waals surface area contributed by atoms with Gasteiger partial charge >= 0.3 is 17.9 Å². The van der Waals surface area contributed by atoms with E-state index in [4.69, 9.17) is 30.1 Å². The van der Waals surface area contributed by atoms with E-state index in [9.17, 15) is 14.4 Å². The molecule has 0 spiro atoms. The second-order valence-electron chi connectivity index (χ2n) is 9.72. The molecule has 2 aromatic heterocycles. The van der Waals surface area contributed by atoms with Crippen molar-refractivity contribution in [3.8, 4) is 0 Å². The minimum absolute atomic E-state index is 0.856. The summed E-state index contributed by atoms with van der Waals surface area (Å²) in [5.74, 6) is -3.97. The lowest BCUT2D eigenvalue weighted by atomic mass is 9.96. The van der Waals surface area contributed by atoms with Gasteiger partial charge in [0, 0.05) is 31.1 Å². The number of rotatable bonds is 13. The first-order valence-electron chi connectivity index (χ1n) is 12.9. The van der Waals surface area contributed by atoms with Gasteiger partial charge in [0.1, 0.15) is 5.82 Å². The maximum Gasteiger partial charge on any atom is 0.336 e. The van der Waals surface area contributed by atoms with E-state index in [1.807, 2.05) is 17.4 Å². The smallest absolute Gasteiger partial charge is 0.336 e. The molecular weight excluding hydrogens is 540 g/mol. The van der Waals surface area contributed by atoms with Crippen molar-refractivity contribution in [1.29, 1.82) is 0 Å². The Hall–Kier alpha value is -3.36. The third kappa shape index (κ3) is 9.68. The summed E-state index contributed by atoms with van der Waals surface area (Å²) in [4.78, 5) is 45.2. The highest BCUT2D eigenvalue weighted by Gasteiger charge is 2.40. The number of carbonyl (C=O) groups is 3. The number of morpholine rings is 1. The zero-order valence-corrected chi connectivity index (χ0v) is 23.2. The number of imidazole rings is 1. The highest BCUT2D eigenvalue weighted by molar-refractivity contribution is 7.10. The summed E-state index contributed by atoms with van der Waals surface area (Å²) < 4.78 is 5.46. The van der Waals surface area contributed by atoms with Crippen LogP contribution in [0.2, 0.25) is 0 Å². The number of hydrogen-bond acceptors (Lipinski definition) is 9. The predicted octanol–water partition coefficient (Wildman–Crippen LogP) is 2.41. The Labute approximate surface area is 235 Å². The van der Waals surface area contributed by atoms with Gasteiger partial charge in [0.2, 0.25) is 0 Å². The van der Waals surface area contributed by atoms with Crippen molar-refractivity contribution < 1.29 is 39.5 Å². The summed E-state index contributed by atoms with van der Waals surface area (Å²) in [6, 6.07) is 10.5. The number of benzene rings is 1. The van der Waals surface area contributed by atoms with Gasteiger partial charge in [-0.2, -0.15) is 0 Å². The van der Waals surface area contributed by atoms with Gasteiger partial charge in [-0.05, 0) is 49.0 Å². The molecule has 4 rings (SSSR count). The molecule has 0 radical (unpaired) electrons. The van der Waals surface area contributed by atoms with E-state index in [-0.39, 0.29) is 0 Å². The maximum absolute atomic E-state index is 10.3. The molecule has 3 aromatic rings. The molecule has 3 heterocycles. The van der Waals surface area contributed by atoms with Crippen LogP contribution in [0.3, 0.4) is 0 Å². The second-order valence-corrected chi connectivity index (χ2v) is 10.7. The number of thiophene rings is 1. The molecular formula is C27H36N4O8S. The lowest BCUT2D eigenvalue weighted by Crippen LogP contribution is -2.42. The molecule has 0 bridgehead atoms. The van der Waals surface area contributed by atoms with Crippen LogP contribution in [-0.2, 0) is 32.2 Å². The first-order chi connectivity index (χ1) is 19.1. The van der Waals surface area contributed by atoms with E-state index in [0.717, 1.165) is 69.3 Å². The third-order valence-corrected chi connectivity index (χ3v) is 7.49. The largest absolute Gasteiger partial charge is 0.481 e. The van der Waals surface area contributed by atoms with Crippen molar-refractivity contribution in [1.82, 2.24) is 19.8 Å². The van der Waals surface area contributed by atoms with Crippen molar-refractivity contribution in [3.05, 3.63) is 52.0 Å². The fourth-order valence-corrected chi connectivity index (χ4v) is 5.28. The molecule has 218 valence electrons. The highest BCUT2D eigenvalue weighted by atomic mass is 32.1. The summed E-state index contributed by atoms with van der Waals surface area (Å²) in [6.07, 6.45) is -1.12. The Bertz CT molecular complexity index is 1220. The molecule has 0 amide bonds. The van der Waals surface area contributed by atoms with Gasteiger partial charge < -0.3 is 30.1 Å². The van der Waals surface area contributed by atoms with Crippen molar-refractivity contribution in [2.45, 2.75) is 44.9 Å². The van der Waals surface area contributed by atoms with Gasteiger partial charge in [0.05, 0.1) is 43.6 Å². The number of aryl methyl sites for hydroxylation is 1. The van der Waals surface area contributed by atoms with Crippen molar-refractivity contribution in [2.75, 3.05) is 39.4 Å². The molecule has 0 unspecified atom stereocenters. The number of ether oxygens (including phenoxy) is 1. The van der Waals surface area contributed by atoms with Gasteiger partial charge in [-0.25, -0.2) is 9.78 Å². The summed E-state index contributed by atoms with van der Waals surface area (Å²) in [5, 5.41) is 36.0. The minimum atomic E-state index is -2.74. The van der Waals surface area contributed by atoms with Crippen LogP contribution < -0.4 is 0 Å². The SMILES string of the molecule is Cc1ccsc1CN(CCCN1CCOCC1)Cc1nc2ccccc2[nH]1.O=C(O)CC(O)(CC(=O)O)C(=O)O. The monoisotopic (exact) mass is 576 g/mol. The average molecular weight is 577 g/mol. The topological polar surface area (TPSA) is 177 Å². The van der Waals surface area contributed by atoms with Crippen molar-refractivity contribution in [2.24, 2.45) is 0 Å². The normalized spacial score (nSPS) is 14.2. The molecule has 0 saturated carbocycles. The Balaban J connectivity index is 0.000000289. The van der Waals surface area contributed by atoms with Crippen LogP contribution in [0, 0.1) is 6.92 Å². The number of carboxylic acid groups (broad SMARTS) is 3. The Kier molecular flexibility index (Phi) is 11.6. The summed E-state index contributed by atoms with van der Waals surface area (Å²) in [6.45, 7) is 10.1. The number of aliphatic hydroxyl groups is 1. The summed E-state index contributed by atoms with van der Waals surface area (Å²) in [7, 11) is 0. The van der Waals surface area contributed by atoms with Crippen LogP contribution in [0.5, 0.6) is 0 Å². The molecule has 40 heavy (non-hydrogen) atoms. The maximum atomic E-state index is 10.3. The van der Waals surface area contributed by atoms with E-state index in [1.165, 1.54) is 16.9 Å². The number of nitrogens with one attached hydrogen (secondary N) is 1. The number of aliphatic carboxylic acids is 3. The zero-order valence-electron chi connectivity index (χ0n) is 22.4. The number of aromatic amines is 1. The van der Waals surface area contributed by atoms with E-state index in [0.29, 0.717) is 0 Å². The number of para-hydroxylation sites is 2. The number of H-pyrrole nitrogens is 1. The molecule has 1 aliphatic heterocycles. The van der Waals surface area contributed by atoms with Crippen LogP contribution in [0.15, 0.2) is 35.7 Å². The first-order valence-corrected chi connectivity index (χ1v) is 13.8. The van der Waals surface area contributed by atoms with E-state index in [1.54, 1.807) is 0 Å². The van der Waals surface area contributed by atoms with Crippen LogP contribution in [0.4, 0.5) is 0 Å². The molecule has 12 nitrogen and oxygen atoms in total. The Morgan fingerprint density at radius 3 is 2.33 bits per heavy atom. The number of fused-ring (bicyclic) bond motifs is 1. The minimum Gasteiger partial charge on any atom is -0.481 e. The van der Waals surface area contributed by atoms with Crippen LogP contribution in [-0.4, -0.2) is 103 Å². The number of carboxylic acids is 3. The lowest BCUT2D eigenvalue weighted by molar-refractivity contribution is -0.170. The fourth-order valence-electron chi connectivity index (χ4n) is 4.33. The number of aromatic nitrogens is 2. The summed E-state index contributed by atoms with van der Waals surface area (Å²) >= 11 is 1.86. The fraction of sp³-hybridized carbons (Fsp3) is 0.481. The number of hydrogen-bond donors (Lipinski definition) is 5. The molecule has 1 fully saturated rings. The van der Waals surface area contributed by atoms with Gasteiger partial charge in [0.25, 0.3) is 0 Å². The molecule has 1 aromatic carbocycles. The van der Waals surface area contributed by atoms with E-state index >= 15 is 0 Å². The molecule has 1 saturated heterocycles. The predicted molar refractivity (Wildman–Crippen MR) is 148 cm³/mol. The van der Waals surface area contributed by atoms with Gasteiger partial charge in [0.15, 0.2) is 5.60 Å². The molecule has 1 aliphatic rings. The Morgan fingerprint density at radius 2 is 1.75 bits per heavy atom. The molecule has 0 atom stereocenters. The van der Waals surface area contributed by atoms with Crippen molar-refractivity contribution >= 4 is 40.3 Å². The number of nitrogens with zero attached hydrogens (tertiary/aromatic N) is 3. The second kappa shape index (κ2) is 14.9. The summed E-state index contributed by atoms with van der Waals surface area (Å²) in [5.41, 5.74) is 0.821. The van der Waals surface area contributed by atoms with Gasteiger partial charge in [-0.1, -0.05) is 12.1 Å². The Morgan fingerprint density at radius 1 is 1.07 bits per heavy atom. The van der Waals surface area contributed by atoms with Crippen molar-refractivity contribution in [3.63, 3.8) is 0 Å². The highest BCUT2D eigenvalue weighted by Crippen LogP contribution is 2.20. The van der Waals surface area contributed by atoms with Crippen LogP contribution >= 0.6 is 11.3 Å². The van der Waals surface area contributed by atoms with Gasteiger partial charge in [-0.3, -0.25) is 19.4 Å².